The summed E-state index contributed by atoms with van der Waals surface area (Å²) in [5.74, 6) is -0.525. The highest BCUT2D eigenvalue weighted by Crippen LogP contribution is 2.29. The highest BCUT2D eigenvalue weighted by molar-refractivity contribution is 7.99. The third-order valence-electron chi connectivity index (χ3n) is 6.17. The van der Waals surface area contributed by atoms with Gasteiger partial charge in [-0.2, -0.15) is 0 Å². The van der Waals surface area contributed by atoms with Gasteiger partial charge in [-0.3, -0.25) is 4.79 Å². The summed E-state index contributed by atoms with van der Waals surface area (Å²) in [5.41, 5.74) is 1.13. The Morgan fingerprint density at radius 2 is 1.34 bits per heavy atom. The lowest BCUT2D eigenvalue weighted by molar-refractivity contribution is -0.141. The van der Waals surface area contributed by atoms with E-state index >= 15 is 0 Å². The largest absolute Gasteiger partial charge is 0.490 e. The number of rotatable bonds is 20. The SMILES string of the molecule is C=C(C)C(=O)OCCOc1ccc(Sc2ccc(C(=O)/C(CCCCCCCCCCC)=N/OC(C)=O)cc2)cc1. The second-order valence-electron chi connectivity index (χ2n) is 9.89. The molecule has 2 rings (SSSR count). The van der Waals surface area contributed by atoms with E-state index in [4.69, 9.17) is 14.3 Å². The Bertz CT molecular complexity index is 1140. The number of oxime groups is 1. The average molecular weight is 582 g/mol. The predicted octanol–water partition coefficient (Wildman–Crippen LogP) is 8.36. The molecule has 0 aromatic heterocycles. The molecule has 0 atom stereocenters. The van der Waals surface area contributed by atoms with Crippen LogP contribution < -0.4 is 4.74 Å². The van der Waals surface area contributed by atoms with Crippen LogP contribution in [0.25, 0.3) is 0 Å². The molecule has 0 fully saturated rings. The maximum atomic E-state index is 13.1. The van der Waals surface area contributed by atoms with Crippen molar-refractivity contribution in [2.24, 2.45) is 5.16 Å². The van der Waals surface area contributed by atoms with Gasteiger partial charge in [-0.15, -0.1) is 0 Å². The maximum absolute atomic E-state index is 13.1. The molecule has 0 spiro atoms. The van der Waals surface area contributed by atoms with Crippen LogP contribution in [0.2, 0.25) is 0 Å². The first-order chi connectivity index (χ1) is 19.8. The lowest BCUT2D eigenvalue weighted by Crippen LogP contribution is -2.16. The summed E-state index contributed by atoms with van der Waals surface area (Å²) in [6.07, 6.45) is 11.1. The number of unbranched alkanes of at least 4 members (excludes halogenated alkanes) is 8. The number of carbonyl (C=O) groups excluding carboxylic acids is 3. The van der Waals surface area contributed by atoms with Gasteiger partial charge in [-0.05, 0) is 68.3 Å². The van der Waals surface area contributed by atoms with E-state index in [1.165, 1.54) is 45.4 Å². The Morgan fingerprint density at radius 3 is 1.90 bits per heavy atom. The lowest BCUT2D eigenvalue weighted by atomic mass is 10.0. The molecule has 0 aliphatic carbocycles. The third kappa shape index (κ3) is 14.2. The molecule has 0 heterocycles. The summed E-state index contributed by atoms with van der Waals surface area (Å²) in [6, 6.07) is 14.9. The van der Waals surface area contributed by atoms with Gasteiger partial charge in [0.25, 0.3) is 0 Å². The molecule has 0 N–H and O–H groups in total. The lowest BCUT2D eigenvalue weighted by Gasteiger charge is -2.09. The van der Waals surface area contributed by atoms with Crippen LogP contribution in [0, 0.1) is 0 Å². The van der Waals surface area contributed by atoms with Gasteiger partial charge in [-0.1, -0.05) is 81.8 Å². The van der Waals surface area contributed by atoms with Gasteiger partial charge < -0.3 is 14.3 Å². The summed E-state index contributed by atoms with van der Waals surface area (Å²) in [5, 5.41) is 3.88. The second kappa shape index (κ2) is 19.6. The fraction of sp³-hybridized carbons (Fsp3) is 0.455. The van der Waals surface area contributed by atoms with Crippen molar-refractivity contribution < 1.29 is 28.7 Å². The molecule has 222 valence electrons. The van der Waals surface area contributed by atoms with Crippen LogP contribution in [0.4, 0.5) is 0 Å². The average Bonchev–Trinajstić information content (AvgIpc) is 2.96. The maximum Gasteiger partial charge on any atom is 0.333 e. The van der Waals surface area contributed by atoms with Crippen LogP contribution in [0.1, 0.15) is 95.3 Å². The molecule has 41 heavy (non-hydrogen) atoms. The summed E-state index contributed by atoms with van der Waals surface area (Å²) in [6.45, 7) is 9.04. The molecule has 0 aliphatic rings. The van der Waals surface area contributed by atoms with Crippen molar-refractivity contribution in [1.29, 1.82) is 0 Å². The van der Waals surface area contributed by atoms with Crippen molar-refractivity contribution in [1.82, 2.24) is 0 Å². The molecule has 0 unspecified atom stereocenters. The molecule has 0 bridgehead atoms. The van der Waals surface area contributed by atoms with Gasteiger partial charge in [0.15, 0.2) is 0 Å². The Labute approximate surface area is 248 Å². The number of Topliss-reactive ketones (excluding diaryl/α,β-unsaturated/α-hetero) is 1. The van der Waals surface area contributed by atoms with Crippen LogP contribution in [-0.4, -0.2) is 36.6 Å². The van der Waals surface area contributed by atoms with Crippen LogP contribution in [0.15, 0.2) is 75.6 Å². The number of ether oxygens (including phenoxy) is 2. The van der Waals surface area contributed by atoms with Crippen molar-refractivity contribution >= 4 is 35.2 Å². The summed E-state index contributed by atoms with van der Waals surface area (Å²) >= 11 is 1.56. The summed E-state index contributed by atoms with van der Waals surface area (Å²) in [7, 11) is 0. The molecule has 0 aliphatic heterocycles. The Hall–Kier alpha value is -3.39. The molecule has 2 aromatic rings. The smallest absolute Gasteiger partial charge is 0.333 e. The monoisotopic (exact) mass is 581 g/mol. The first-order valence-electron chi connectivity index (χ1n) is 14.4. The highest BCUT2D eigenvalue weighted by Gasteiger charge is 2.16. The van der Waals surface area contributed by atoms with Gasteiger partial charge in [-0.25, -0.2) is 9.59 Å². The van der Waals surface area contributed by atoms with E-state index in [0.717, 1.165) is 29.1 Å². The first kappa shape index (κ1) is 33.8. The minimum Gasteiger partial charge on any atom is -0.490 e. The van der Waals surface area contributed by atoms with Crippen LogP contribution in [-0.2, 0) is 19.2 Å². The summed E-state index contributed by atoms with van der Waals surface area (Å²) in [4.78, 5) is 42.7. The molecule has 0 amide bonds. The zero-order valence-corrected chi connectivity index (χ0v) is 25.4. The number of esters is 1. The van der Waals surface area contributed by atoms with Crippen molar-refractivity contribution in [3.05, 3.63) is 66.2 Å². The van der Waals surface area contributed by atoms with E-state index in [2.05, 4.69) is 18.7 Å². The Balaban J connectivity index is 1.85. The zero-order chi connectivity index (χ0) is 29.9. The van der Waals surface area contributed by atoms with Crippen LogP contribution in [0.3, 0.4) is 0 Å². The minimum absolute atomic E-state index is 0.153. The van der Waals surface area contributed by atoms with Crippen molar-refractivity contribution in [3.63, 3.8) is 0 Å². The van der Waals surface area contributed by atoms with Gasteiger partial charge >= 0.3 is 11.9 Å². The Morgan fingerprint density at radius 1 is 0.780 bits per heavy atom. The number of benzene rings is 2. The van der Waals surface area contributed by atoms with E-state index < -0.39 is 11.9 Å². The van der Waals surface area contributed by atoms with Crippen molar-refractivity contribution in [2.75, 3.05) is 13.2 Å². The fourth-order valence-electron chi connectivity index (χ4n) is 3.92. The quantitative estimate of drug-likeness (QED) is 0.0295. The first-order valence-corrected chi connectivity index (χ1v) is 15.2. The van der Waals surface area contributed by atoms with Gasteiger partial charge in [0, 0.05) is 27.9 Å². The van der Waals surface area contributed by atoms with Crippen molar-refractivity contribution in [3.8, 4) is 5.75 Å². The fourth-order valence-corrected chi connectivity index (χ4v) is 4.74. The normalized spacial score (nSPS) is 11.1. The molecule has 0 radical (unpaired) electrons. The molecule has 7 nitrogen and oxygen atoms in total. The standard InChI is InChI=1S/C33H43NO6S/c1-5-6-7-8-9-10-11-12-13-14-31(34-40-26(4)35)32(36)27-15-19-29(20-16-27)41-30-21-17-28(18-22-30)38-23-24-39-33(37)25(2)3/h15-22H,2,5-14,23-24H2,1,3-4H3/b34-31+. The van der Waals surface area contributed by atoms with Gasteiger partial charge in [0.1, 0.15) is 24.7 Å². The number of hydrogen-bond acceptors (Lipinski definition) is 8. The third-order valence-corrected chi connectivity index (χ3v) is 7.19. The summed E-state index contributed by atoms with van der Waals surface area (Å²) < 4.78 is 10.6. The number of carbonyl (C=O) groups is 3. The Kier molecular flexibility index (Phi) is 16.2. The molecule has 8 heteroatoms. The topological polar surface area (TPSA) is 91.3 Å². The van der Waals surface area contributed by atoms with Gasteiger partial charge in [0.2, 0.25) is 5.78 Å². The number of ketones is 1. The number of hydrogen-bond donors (Lipinski definition) is 0. The van der Waals surface area contributed by atoms with E-state index in [1.54, 1.807) is 30.8 Å². The second-order valence-corrected chi connectivity index (χ2v) is 11.0. The van der Waals surface area contributed by atoms with E-state index in [-0.39, 0.29) is 24.7 Å². The molecule has 2 aromatic carbocycles. The zero-order valence-electron chi connectivity index (χ0n) is 24.6. The van der Waals surface area contributed by atoms with Crippen LogP contribution in [0.5, 0.6) is 5.75 Å². The van der Waals surface area contributed by atoms with E-state index in [9.17, 15) is 14.4 Å². The van der Waals surface area contributed by atoms with E-state index in [1.807, 2.05) is 36.4 Å². The number of nitrogens with zero attached hydrogens (tertiary/aromatic N) is 1. The minimum atomic E-state index is -0.545. The molecule has 0 saturated carbocycles. The van der Waals surface area contributed by atoms with E-state index in [0.29, 0.717) is 23.3 Å². The predicted molar refractivity (Wildman–Crippen MR) is 164 cm³/mol. The van der Waals surface area contributed by atoms with Crippen LogP contribution >= 0.6 is 11.8 Å². The molecule has 0 saturated heterocycles. The molecular weight excluding hydrogens is 538 g/mol. The highest BCUT2D eigenvalue weighted by atomic mass is 32.2. The van der Waals surface area contributed by atoms with Crippen molar-refractivity contribution in [2.45, 2.75) is 94.8 Å². The molecular formula is C33H43NO6S. The van der Waals surface area contributed by atoms with Gasteiger partial charge in [0.05, 0.1) is 0 Å².